The zero-order valence-corrected chi connectivity index (χ0v) is 8.77. The average molecular weight is 200 g/mol. The number of benzene rings is 1. The Hall–Kier alpha value is -1.90. The lowest BCUT2D eigenvalue weighted by Gasteiger charge is -2.06. The predicted octanol–water partition coefficient (Wildman–Crippen LogP) is 2.21. The lowest BCUT2D eigenvalue weighted by Crippen LogP contribution is -1.95. The van der Waals surface area contributed by atoms with Crippen LogP contribution in [0, 0.1) is 6.92 Å². The average Bonchev–Trinajstić information content (AvgIpc) is 2.65. The van der Waals surface area contributed by atoms with Crippen molar-refractivity contribution in [2.45, 2.75) is 6.92 Å². The molecule has 0 saturated heterocycles. The smallest absolute Gasteiger partial charge is 0.150 e. The van der Waals surface area contributed by atoms with E-state index in [1.807, 2.05) is 38.2 Å². The largest absolute Gasteiger partial charge is 0.298 e. The first kappa shape index (κ1) is 9.65. The molecule has 0 bridgehead atoms. The van der Waals surface area contributed by atoms with Gasteiger partial charge in [-0.1, -0.05) is 12.1 Å². The summed E-state index contributed by atoms with van der Waals surface area (Å²) in [6.07, 6.45) is 2.61. The Bertz CT molecular complexity index is 500. The van der Waals surface area contributed by atoms with E-state index in [0.717, 1.165) is 23.1 Å². The molecule has 0 spiro atoms. The van der Waals surface area contributed by atoms with Crippen LogP contribution in [0.25, 0.3) is 11.3 Å². The molecule has 0 saturated carbocycles. The quantitative estimate of drug-likeness (QED) is 0.696. The van der Waals surface area contributed by atoms with Crippen molar-refractivity contribution in [2.75, 3.05) is 0 Å². The fourth-order valence-electron chi connectivity index (χ4n) is 1.63. The zero-order valence-electron chi connectivity index (χ0n) is 8.77. The molecule has 1 heterocycles. The Kier molecular flexibility index (Phi) is 2.37. The standard InChI is InChI=1S/C12H12N2O/c1-9-3-4-10(8-15)7-11(9)12-5-6-13-14(12)2/h3-8H,1-2H3. The summed E-state index contributed by atoms with van der Waals surface area (Å²) in [5.41, 5.74) is 3.91. The molecule has 1 aromatic heterocycles. The number of aldehydes is 1. The van der Waals surface area contributed by atoms with Crippen molar-refractivity contribution in [1.82, 2.24) is 9.78 Å². The highest BCUT2D eigenvalue weighted by atomic mass is 16.1. The number of rotatable bonds is 2. The van der Waals surface area contributed by atoms with E-state index in [0.29, 0.717) is 5.56 Å². The van der Waals surface area contributed by atoms with Gasteiger partial charge in [0.25, 0.3) is 0 Å². The summed E-state index contributed by atoms with van der Waals surface area (Å²) in [4.78, 5) is 10.7. The molecule has 0 aliphatic rings. The molecule has 3 nitrogen and oxygen atoms in total. The van der Waals surface area contributed by atoms with Gasteiger partial charge in [0.05, 0.1) is 5.69 Å². The highest BCUT2D eigenvalue weighted by molar-refractivity contribution is 5.79. The van der Waals surface area contributed by atoms with Gasteiger partial charge in [-0.25, -0.2) is 0 Å². The topological polar surface area (TPSA) is 34.9 Å². The van der Waals surface area contributed by atoms with Crippen molar-refractivity contribution in [3.63, 3.8) is 0 Å². The van der Waals surface area contributed by atoms with E-state index in [-0.39, 0.29) is 0 Å². The fraction of sp³-hybridized carbons (Fsp3) is 0.167. The SMILES string of the molecule is Cc1ccc(C=O)cc1-c1ccnn1C. The first-order chi connectivity index (χ1) is 7.22. The molecule has 0 fully saturated rings. The van der Waals surface area contributed by atoms with Crippen LogP contribution in [-0.2, 0) is 7.05 Å². The third kappa shape index (κ3) is 1.68. The summed E-state index contributed by atoms with van der Waals surface area (Å²) < 4.78 is 1.80. The maximum Gasteiger partial charge on any atom is 0.150 e. The first-order valence-corrected chi connectivity index (χ1v) is 4.76. The minimum Gasteiger partial charge on any atom is -0.298 e. The summed E-state index contributed by atoms with van der Waals surface area (Å²) in [6.45, 7) is 2.02. The number of hydrogen-bond acceptors (Lipinski definition) is 2. The summed E-state index contributed by atoms with van der Waals surface area (Å²) in [6, 6.07) is 7.60. The Morgan fingerprint density at radius 2 is 2.13 bits per heavy atom. The number of aryl methyl sites for hydroxylation is 2. The van der Waals surface area contributed by atoms with Crippen molar-refractivity contribution in [2.24, 2.45) is 7.05 Å². The summed E-state index contributed by atoms with van der Waals surface area (Å²) in [5, 5.41) is 4.12. The summed E-state index contributed by atoms with van der Waals surface area (Å²) in [5.74, 6) is 0. The van der Waals surface area contributed by atoms with Crippen LogP contribution in [0.5, 0.6) is 0 Å². The van der Waals surface area contributed by atoms with Crippen LogP contribution in [0.15, 0.2) is 30.5 Å². The minimum atomic E-state index is 0.691. The number of nitrogens with zero attached hydrogens (tertiary/aromatic N) is 2. The van der Waals surface area contributed by atoms with Gasteiger partial charge in [0.1, 0.15) is 6.29 Å². The molecule has 3 heteroatoms. The second-order valence-corrected chi connectivity index (χ2v) is 3.53. The maximum absolute atomic E-state index is 10.7. The molecule has 0 amide bonds. The highest BCUT2D eigenvalue weighted by Gasteiger charge is 2.06. The van der Waals surface area contributed by atoms with Gasteiger partial charge in [-0.2, -0.15) is 5.10 Å². The van der Waals surface area contributed by atoms with E-state index in [2.05, 4.69) is 5.10 Å². The summed E-state index contributed by atoms with van der Waals surface area (Å²) >= 11 is 0. The second-order valence-electron chi connectivity index (χ2n) is 3.53. The Balaban J connectivity index is 2.61. The molecule has 2 rings (SSSR count). The van der Waals surface area contributed by atoms with E-state index in [1.54, 1.807) is 10.9 Å². The van der Waals surface area contributed by atoms with Crippen LogP contribution in [0.2, 0.25) is 0 Å². The molecule has 76 valence electrons. The molecule has 0 aliphatic carbocycles. The van der Waals surface area contributed by atoms with Gasteiger partial charge in [-0.05, 0) is 24.6 Å². The number of aromatic nitrogens is 2. The Labute approximate surface area is 88.4 Å². The van der Waals surface area contributed by atoms with E-state index in [1.165, 1.54) is 0 Å². The minimum absolute atomic E-state index is 0.691. The van der Waals surface area contributed by atoms with Crippen molar-refractivity contribution < 1.29 is 4.79 Å². The zero-order chi connectivity index (χ0) is 10.8. The molecule has 0 unspecified atom stereocenters. The molecular formula is C12H12N2O. The maximum atomic E-state index is 10.7. The fourth-order valence-corrected chi connectivity index (χ4v) is 1.63. The van der Waals surface area contributed by atoms with Crippen molar-refractivity contribution in [3.8, 4) is 11.3 Å². The number of hydrogen-bond donors (Lipinski definition) is 0. The van der Waals surface area contributed by atoms with Crippen molar-refractivity contribution in [3.05, 3.63) is 41.6 Å². The van der Waals surface area contributed by atoms with Crippen LogP contribution in [0.1, 0.15) is 15.9 Å². The van der Waals surface area contributed by atoms with E-state index in [9.17, 15) is 4.79 Å². The van der Waals surface area contributed by atoms with Crippen LogP contribution < -0.4 is 0 Å². The van der Waals surface area contributed by atoms with Crippen LogP contribution in [0.4, 0.5) is 0 Å². The molecule has 0 aliphatic heterocycles. The highest BCUT2D eigenvalue weighted by Crippen LogP contribution is 2.23. The van der Waals surface area contributed by atoms with Gasteiger partial charge in [0, 0.05) is 24.4 Å². The van der Waals surface area contributed by atoms with E-state index in [4.69, 9.17) is 0 Å². The van der Waals surface area contributed by atoms with Crippen LogP contribution >= 0.6 is 0 Å². The van der Waals surface area contributed by atoms with Gasteiger partial charge in [0.2, 0.25) is 0 Å². The van der Waals surface area contributed by atoms with Gasteiger partial charge in [0.15, 0.2) is 0 Å². The molecule has 0 atom stereocenters. The molecule has 0 radical (unpaired) electrons. The molecule has 0 N–H and O–H groups in total. The van der Waals surface area contributed by atoms with Crippen molar-refractivity contribution >= 4 is 6.29 Å². The number of carbonyl (C=O) groups excluding carboxylic acids is 1. The van der Waals surface area contributed by atoms with Crippen LogP contribution in [-0.4, -0.2) is 16.1 Å². The third-order valence-corrected chi connectivity index (χ3v) is 2.49. The second kappa shape index (κ2) is 3.69. The molecule has 2 aromatic rings. The molecule has 1 aromatic carbocycles. The van der Waals surface area contributed by atoms with Gasteiger partial charge < -0.3 is 0 Å². The Morgan fingerprint density at radius 3 is 2.73 bits per heavy atom. The number of carbonyl (C=O) groups is 1. The van der Waals surface area contributed by atoms with Crippen LogP contribution in [0.3, 0.4) is 0 Å². The third-order valence-electron chi connectivity index (χ3n) is 2.49. The van der Waals surface area contributed by atoms with Gasteiger partial charge in [-0.3, -0.25) is 9.48 Å². The van der Waals surface area contributed by atoms with E-state index < -0.39 is 0 Å². The summed E-state index contributed by atoms with van der Waals surface area (Å²) in [7, 11) is 1.89. The molecule has 15 heavy (non-hydrogen) atoms. The van der Waals surface area contributed by atoms with E-state index >= 15 is 0 Å². The first-order valence-electron chi connectivity index (χ1n) is 4.76. The van der Waals surface area contributed by atoms with Gasteiger partial charge in [-0.15, -0.1) is 0 Å². The Morgan fingerprint density at radius 1 is 1.33 bits per heavy atom. The van der Waals surface area contributed by atoms with Crippen molar-refractivity contribution in [1.29, 1.82) is 0 Å². The normalized spacial score (nSPS) is 10.3. The molecular weight excluding hydrogens is 188 g/mol. The monoisotopic (exact) mass is 200 g/mol. The lowest BCUT2D eigenvalue weighted by molar-refractivity contribution is 0.112. The predicted molar refractivity (Wildman–Crippen MR) is 58.8 cm³/mol. The van der Waals surface area contributed by atoms with Gasteiger partial charge >= 0.3 is 0 Å². The lowest BCUT2D eigenvalue weighted by atomic mass is 10.0.